The van der Waals surface area contributed by atoms with Gasteiger partial charge in [0.25, 0.3) is 47.3 Å². The third-order valence-corrected chi connectivity index (χ3v) is 15.5. The second kappa shape index (κ2) is 38.7. The number of rotatable bonds is 18. The summed E-state index contributed by atoms with van der Waals surface area (Å²) < 4.78 is 8.81. The van der Waals surface area contributed by atoms with E-state index in [2.05, 4.69) is 9.47 Å². The number of hydrogen-bond acceptors (Lipinski definition) is 16. The Labute approximate surface area is 611 Å². The summed E-state index contributed by atoms with van der Waals surface area (Å²) in [6, 6.07) is 56.4. The van der Waals surface area contributed by atoms with Gasteiger partial charge in [0.2, 0.25) is 0 Å². The first-order valence-electron chi connectivity index (χ1n) is 31.1. The maximum atomic E-state index is 12.4. The van der Waals surface area contributed by atoms with Crippen molar-refractivity contribution in [2.75, 3.05) is 13.2 Å². The van der Waals surface area contributed by atoms with Crippen molar-refractivity contribution >= 4 is 83.1 Å². The molecule has 4 atom stereocenters. The maximum absolute atomic E-state index is 12.4. The minimum Gasteiger partial charge on any atom is -0.480 e. The van der Waals surface area contributed by atoms with Crippen LogP contribution in [-0.4, -0.2) is 160 Å². The van der Waals surface area contributed by atoms with E-state index >= 15 is 0 Å². The van der Waals surface area contributed by atoms with Crippen molar-refractivity contribution in [3.63, 3.8) is 0 Å². The number of fused-ring (bicyclic) bond motifs is 4. The van der Waals surface area contributed by atoms with E-state index in [-0.39, 0.29) is 121 Å². The fraction of sp³-hybridized carbons (Fsp3) is 0.184. The predicted molar refractivity (Wildman–Crippen MR) is 359 cm³/mol. The van der Waals surface area contributed by atoms with Gasteiger partial charge in [-0.25, -0.2) is 19.2 Å². The summed E-state index contributed by atoms with van der Waals surface area (Å²) in [4.78, 5) is 168. The summed E-state index contributed by atoms with van der Waals surface area (Å²) in [6.45, 7) is 7.31. The molecule has 0 aromatic heterocycles. The van der Waals surface area contributed by atoms with Gasteiger partial charge in [0, 0.05) is 78.5 Å². The second-order valence-electron chi connectivity index (χ2n) is 22.1. The van der Waals surface area contributed by atoms with E-state index < -0.39 is 95.3 Å². The van der Waals surface area contributed by atoms with Gasteiger partial charge in [0.15, 0.2) is 0 Å². The Kier molecular flexibility index (Phi) is 30.7. The van der Waals surface area contributed by atoms with Crippen LogP contribution in [0.15, 0.2) is 218 Å². The number of carboxylic acids is 4. The molecule has 0 aliphatic carbocycles. The van der Waals surface area contributed by atoms with Gasteiger partial charge in [0.1, 0.15) is 24.2 Å². The second-order valence-corrected chi connectivity index (χ2v) is 22.1. The van der Waals surface area contributed by atoms with Gasteiger partial charge < -0.3 is 29.9 Å². The zero-order chi connectivity index (χ0) is 72.7. The molecular weight excluding hydrogens is 1490 g/mol. The van der Waals surface area contributed by atoms with Crippen molar-refractivity contribution in [1.29, 1.82) is 0 Å². The molecule has 4 aliphatic rings. The molecule has 0 bridgehead atoms. The molecule has 0 spiro atoms. The van der Waals surface area contributed by atoms with Crippen molar-refractivity contribution in [1.82, 2.24) is 19.6 Å². The Bertz CT molecular complexity index is 3710. The number of carbonyl (C=O) groups excluding carboxylic acids is 10. The topological polar surface area (TPSA) is 351 Å². The number of ether oxygens (including phenoxy) is 2. The monoisotopic (exact) mass is 1560 g/mol. The molecule has 8 amide bonds. The molecule has 102 heavy (non-hydrogen) atoms. The molecule has 8 aromatic carbocycles. The number of imide groups is 4. The van der Waals surface area contributed by atoms with Crippen LogP contribution < -0.4 is 0 Å². The fourth-order valence-electron chi connectivity index (χ4n) is 10.9. The van der Waals surface area contributed by atoms with Crippen molar-refractivity contribution in [3.05, 3.63) is 285 Å². The first kappa shape index (κ1) is 81.1. The maximum Gasteiger partial charge on any atom is 0.327 e. The fourth-order valence-corrected chi connectivity index (χ4v) is 10.9. The van der Waals surface area contributed by atoms with Gasteiger partial charge in [-0.05, 0) is 84.6 Å². The van der Waals surface area contributed by atoms with E-state index in [1.807, 2.05) is 24.3 Å². The van der Waals surface area contributed by atoms with Gasteiger partial charge in [-0.3, -0.25) is 67.5 Å². The molecule has 12 rings (SSSR count). The third kappa shape index (κ3) is 20.3. The normalized spacial score (nSPS) is 13.7. The van der Waals surface area contributed by atoms with Gasteiger partial charge in [-0.2, -0.15) is 0 Å². The molecule has 8 aromatic rings. The summed E-state index contributed by atoms with van der Waals surface area (Å²) in [5, 5.41) is 37.9. The number of carbonyl (C=O) groups is 14. The molecule has 24 nitrogen and oxygen atoms in total. The van der Waals surface area contributed by atoms with Crippen LogP contribution in [0.2, 0.25) is 0 Å². The summed E-state index contributed by atoms with van der Waals surface area (Å²) in [5.41, 5.74) is 5.07. The van der Waals surface area contributed by atoms with Crippen LogP contribution in [0.3, 0.4) is 0 Å². The zero-order valence-electron chi connectivity index (χ0n) is 55.1. The number of esters is 2. The Morgan fingerprint density at radius 2 is 0.412 bits per heavy atom. The van der Waals surface area contributed by atoms with Crippen molar-refractivity contribution in [2.24, 2.45) is 0 Å². The number of benzene rings is 8. The van der Waals surface area contributed by atoms with Crippen LogP contribution in [0.5, 0.6) is 0 Å². The van der Waals surface area contributed by atoms with E-state index in [9.17, 15) is 87.5 Å². The smallest absolute Gasteiger partial charge is 0.327 e. The SMILES string of the molecule is CCOC(C)=O.CCOC(C)=O.O=C(O)[C@@H](Cc1ccccc1)N1C(=O)c2ccccc2C1=O.O=C(O)[C@@H](Cc1ccccc1)N1C(=O)c2ccccc2C1=O.O=C(O)[C@@H](Cc1ccccc1)N1C(=O)c2ccccc2C1=O.O=C(O)[C@@H](Cc1ccccc1)N1C(=O)c2ccccc2C1=O.[Rh].[Rh]. The Balaban J connectivity index is 0.000000230. The van der Waals surface area contributed by atoms with E-state index in [1.165, 1.54) is 62.4 Å². The van der Waals surface area contributed by atoms with Crippen LogP contribution in [0, 0.1) is 0 Å². The average Bonchev–Trinajstić information content (AvgIpc) is 1.65. The van der Waals surface area contributed by atoms with Crippen LogP contribution in [-0.2, 0) is 103 Å². The van der Waals surface area contributed by atoms with Crippen LogP contribution in [0.25, 0.3) is 0 Å². The molecule has 2 radical (unpaired) electrons. The molecule has 0 saturated heterocycles. The van der Waals surface area contributed by atoms with Gasteiger partial charge in [-0.15, -0.1) is 0 Å². The molecule has 4 N–H and O–H groups in total. The molecular formula is C76H68N4O20Rh2. The van der Waals surface area contributed by atoms with E-state index in [1.54, 1.807) is 159 Å². The van der Waals surface area contributed by atoms with Crippen LogP contribution in [0.4, 0.5) is 0 Å². The summed E-state index contributed by atoms with van der Waals surface area (Å²) >= 11 is 0. The van der Waals surface area contributed by atoms with E-state index in [4.69, 9.17) is 0 Å². The first-order chi connectivity index (χ1) is 47.9. The molecule has 0 fully saturated rings. The number of carboxylic acid groups (broad SMARTS) is 4. The van der Waals surface area contributed by atoms with Crippen LogP contribution in [0.1, 0.15) is 133 Å². The number of amides is 8. The molecule has 0 saturated carbocycles. The standard InChI is InChI=1S/4C17H13NO4.2C4H8O2.2Rh/c4*19-15-12-8-4-5-9-13(12)16(20)18(15)14(17(21)22)10-11-6-2-1-3-7-11;2*1-3-6-4(2)5;;/h4*1-9,14H,10H2,(H,21,22);2*3H2,1-2H3;;/t4*14-;;;;/m1111..../s1. The number of aliphatic carboxylic acids is 4. The summed E-state index contributed by atoms with van der Waals surface area (Å²) in [7, 11) is 0. The Morgan fingerprint density at radius 1 is 0.275 bits per heavy atom. The van der Waals surface area contributed by atoms with Crippen LogP contribution >= 0.6 is 0 Å². The molecule has 4 aliphatic heterocycles. The minimum atomic E-state index is -1.21. The van der Waals surface area contributed by atoms with E-state index in [0.717, 1.165) is 41.9 Å². The summed E-state index contributed by atoms with van der Waals surface area (Å²) in [6.07, 6.45) is 0.340. The molecule has 4 heterocycles. The Morgan fingerprint density at radius 3 is 0.520 bits per heavy atom. The molecule has 0 unspecified atom stereocenters. The van der Waals surface area contributed by atoms with Crippen molar-refractivity contribution in [2.45, 2.75) is 77.5 Å². The molecule has 530 valence electrons. The molecule has 26 heteroatoms. The largest absolute Gasteiger partial charge is 0.480 e. The zero-order valence-corrected chi connectivity index (χ0v) is 58.4. The van der Waals surface area contributed by atoms with Crippen molar-refractivity contribution in [3.8, 4) is 0 Å². The van der Waals surface area contributed by atoms with E-state index in [0.29, 0.717) is 13.2 Å². The summed E-state index contributed by atoms with van der Waals surface area (Å²) in [5.74, 6) is -9.62. The quantitative estimate of drug-likeness (QED) is 0.0353. The number of nitrogens with zero attached hydrogens (tertiary/aromatic N) is 4. The van der Waals surface area contributed by atoms with Gasteiger partial charge in [-0.1, -0.05) is 170 Å². The minimum absolute atomic E-state index is 0. The predicted octanol–water partition coefficient (Wildman–Crippen LogP) is 9.05. The first-order valence-corrected chi connectivity index (χ1v) is 31.1. The van der Waals surface area contributed by atoms with Gasteiger partial charge in [0.05, 0.1) is 57.7 Å². The average molecular weight is 1560 g/mol. The number of hydrogen-bond donors (Lipinski definition) is 4. The Hall–Kier alpha value is -11.6. The van der Waals surface area contributed by atoms with Crippen molar-refractivity contribution < 1.29 is 136 Å². The third-order valence-electron chi connectivity index (χ3n) is 15.5. The van der Waals surface area contributed by atoms with Gasteiger partial charge >= 0.3 is 35.8 Å².